The molecule has 0 atom stereocenters. The fraction of sp³-hybridized carbons (Fsp3) is 0.500. The van der Waals surface area contributed by atoms with Crippen LogP contribution in [-0.2, 0) is 4.74 Å². The quantitative estimate of drug-likeness (QED) is 0.712. The van der Waals surface area contributed by atoms with E-state index in [1.54, 1.807) is 12.4 Å². The molecule has 0 bridgehead atoms. The Morgan fingerprint density at radius 3 is 2.52 bits per heavy atom. The van der Waals surface area contributed by atoms with Crippen LogP contribution in [0.4, 0.5) is 17.3 Å². The van der Waals surface area contributed by atoms with Gasteiger partial charge >= 0.3 is 0 Å². The van der Waals surface area contributed by atoms with Gasteiger partial charge in [0.25, 0.3) is 0 Å². The maximum absolute atomic E-state index is 6.16. The molecular weight excluding hydrogens is 370 g/mol. The zero-order valence-corrected chi connectivity index (χ0v) is 16.3. The topological polar surface area (TPSA) is 106 Å². The fourth-order valence-electron chi connectivity index (χ4n) is 4.29. The molecule has 0 spiro atoms. The molecule has 1 aliphatic heterocycles. The van der Waals surface area contributed by atoms with Gasteiger partial charge < -0.3 is 20.3 Å². The smallest absolute Gasteiger partial charge is 0.230 e. The molecule has 3 heterocycles. The maximum Gasteiger partial charge on any atom is 0.230 e. The minimum Gasteiger partial charge on any atom is -0.378 e. The highest BCUT2D eigenvalue weighted by Crippen LogP contribution is 2.38. The van der Waals surface area contributed by atoms with Crippen molar-refractivity contribution in [3.8, 4) is 0 Å². The Morgan fingerprint density at radius 1 is 1.00 bits per heavy atom. The molecule has 0 unspecified atom stereocenters. The van der Waals surface area contributed by atoms with Gasteiger partial charge in [-0.3, -0.25) is 0 Å². The summed E-state index contributed by atoms with van der Waals surface area (Å²) in [5, 5.41) is 8.35. The summed E-state index contributed by atoms with van der Waals surface area (Å²) in [6.45, 7) is 3.12. The van der Waals surface area contributed by atoms with Crippen molar-refractivity contribution in [1.82, 2.24) is 20.3 Å². The van der Waals surface area contributed by atoms with Crippen LogP contribution in [-0.4, -0.2) is 58.7 Å². The summed E-state index contributed by atoms with van der Waals surface area (Å²) in [5.74, 6) is 0.663. The van der Waals surface area contributed by atoms with Gasteiger partial charge in [0.05, 0.1) is 18.9 Å². The lowest BCUT2D eigenvalue weighted by Crippen LogP contribution is -2.39. The van der Waals surface area contributed by atoms with Crippen molar-refractivity contribution in [3.63, 3.8) is 0 Å². The molecule has 9 heteroatoms. The zero-order valence-electron chi connectivity index (χ0n) is 16.3. The molecule has 1 aromatic carbocycles. The van der Waals surface area contributed by atoms with E-state index in [2.05, 4.69) is 36.1 Å². The maximum atomic E-state index is 6.16. The summed E-state index contributed by atoms with van der Waals surface area (Å²) >= 11 is 0. The van der Waals surface area contributed by atoms with Gasteiger partial charge in [0.2, 0.25) is 5.95 Å². The molecular formula is C20H25N7O2. The van der Waals surface area contributed by atoms with Crippen molar-refractivity contribution in [2.75, 3.05) is 36.1 Å². The Bertz CT molecular complexity index is 950. The standard InChI is InChI=1S/C20H25N7O2/c21-14-2-4-15(5-3-14)27(20-22-6-1-7-23-20)18-13-16(26-8-10-28-11-9-26)12-17-19(18)25-29-24-17/h1,6-7,12-15H,2-5,8-11,21H2. The first-order valence-electron chi connectivity index (χ1n) is 10.2. The minimum absolute atomic E-state index is 0.247. The second-order valence-corrected chi connectivity index (χ2v) is 7.68. The van der Waals surface area contributed by atoms with E-state index < -0.39 is 0 Å². The van der Waals surface area contributed by atoms with Gasteiger partial charge in [-0.05, 0) is 54.2 Å². The van der Waals surface area contributed by atoms with Crippen molar-refractivity contribution in [2.24, 2.45) is 5.73 Å². The number of hydrogen-bond donors (Lipinski definition) is 1. The van der Waals surface area contributed by atoms with Crippen LogP contribution in [0.2, 0.25) is 0 Å². The SMILES string of the molecule is NC1CCC(N(c2ncccn2)c2cc(N3CCOCC3)cc3nonc23)CC1. The Hall–Kier alpha value is -2.78. The summed E-state index contributed by atoms with van der Waals surface area (Å²) in [6.07, 6.45) is 7.47. The molecule has 2 fully saturated rings. The Kier molecular flexibility index (Phi) is 4.99. The predicted octanol–water partition coefficient (Wildman–Crippen LogP) is 2.26. The molecule has 5 rings (SSSR count). The van der Waals surface area contributed by atoms with Crippen LogP contribution in [0.1, 0.15) is 25.7 Å². The normalized spacial score (nSPS) is 22.7. The van der Waals surface area contributed by atoms with Crippen LogP contribution in [0.25, 0.3) is 11.0 Å². The first-order chi connectivity index (χ1) is 14.3. The van der Waals surface area contributed by atoms with E-state index in [4.69, 9.17) is 15.1 Å². The van der Waals surface area contributed by atoms with Crippen molar-refractivity contribution < 1.29 is 9.37 Å². The molecule has 2 aromatic heterocycles. The number of hydrogen-bond acceptors (Lipinski definition) is 9. The monoisotopic (exact) mass is 395 g/mol. The molecule has 152 valence electrons. The largest absolute Gasteiger partial charge is 0.378 e. The van der Waals surface area contributed by atoms with Crippen LogP contribution in [0.5, 0.6) is 0 Å². The van der Waals surface area contributed by atoms with Gasteiger partial charge in [0.1, 0.15) is 5.52 Å². The average Bonchev–Trinajstić information content (AvgIpc) is 3.25. The molecule has 0 radical (unpaired) electrons. The predicted molar refractivity (Wildman–Crippen MR) is 109 cm³/mol. The highest BCUT2D eigenvalue weighted by molar-refractivity contribution is 5.93. The third-order valence-corrected chi connectivity index (χ3v) is 5.84. The molecule has 0 amide bonds. The third kappa shape index (κ3) is 3.63. The average molecular weight is 395 g/mol. The molecule has 9 nitrogen and oxygen atoms in total. The number of aromatic nitrogens is 4. The molecule has 1 saturated heterocycles. The summed E-state index contributed by atoms with van der Waals surface area (Å²) in [4.78, 5) is 13.6. The minimum atomic E-state index is 0.247. The van der Waals surface area contributed by atoms with Crippen LogP contribution < -0.4 is 15.5 Å². The Labute approximate surface area is 168 Å². The zero-order chi connectivity index (χ0) is 19.6. The summed E-state index contributed by atoms with van der Waals surface area (Å²) in [7, 11) is 0. The lowest BCUT2D eigenvalue weighted by Gasteiger charge is -2.36. The number of morpholine rings is 1. The van der Waals surface area contributed by atoms with Crippen LogP contribution in [0, 0.1) is 0 Å². The number of nitrogens with zero attached hydrogens (tertiary/aromatic N) is 6. The van der Waals surface area contributed by atoms with E-state index in [0.717, 1.165) is 74.4 Å². The first-order valence-corrected chi connectivity index (χ1v) is 10.2. The number of fused-ring (bicyclic) bond motifs is 1. The second kappa shape index (κ2) is 7.92. The number of rotatable bonds is 4. The fourth-order valence-corrected chi connectivity index (χ4v) is 4.29. The molecule has 29 heavy (non-hydrogen) atoms. The summed E-state index contributed by atoms with van der Waals surface area (Å²) in [6, 6.07) is 6.52. The van der Waals surface area contributed by atoms with E-state index in [1.807, 2.05) is 12.1 Å². The highest BCUT2D eigenvalue weighted by Gasteiger charge is 2.30. The first kappa shape index (κ1) is 18.3. The van der Waals surface area contributed by atoms with Gasteiger partial charge in [-0.1, -0.05) is 0 Å². The molecule has 2 N–H and O–H groups in total. The molecule has 3 aromatic rings. The number of ether oxygens (including phenoxy) is 1. The van der Waals surface area contributed by atoms with Gasteiger partial charge in [-0.15, -0.1) is 0 Å². The third-order valence-electron chi connectivity index (χ3n) is 5.84. The van der Waals surface area contributed by atoms with E-state index in [-0.39, 0.29) is 12.1 Å². The summed E-state index contributed by atoms with van der Waals surface area (Å²) < 4.78 is 10.6. The van der Waals surface area contributed by atoms with Crippen molar-refractivity contribution >= 4 is 28.4 Å². The van der Waals surface area contributed by atoms with E-state index in [0.29, 0.717) is 5.95 Å². The van der Waals surface area contributed by atoms with E-state index >= 15 is 0 Å². The van der Waals surface area contributed by atoms with Crippen LogP contribution in [0.3, 0.4) is 0 Å². The number of nitrogens with two attached hydrogens (primary N) is 1. The van der Waals surface area contributed by atoms with Crippen molar-refractivity contribution in [3.05, 3.63) is 30.6 Å². The number of benzene rings is 1. The van der Waals surface area contributed by atoms with Crippen molar-refractivity contribution in [1.29, 1.82) is 0 Å². The number of anilines is 3. The van der Waals surface area contributed by atoms with Crippen molar-refractivity contribution in [2.45, 2.75) is 37.8 Å². The lowest BCUT2D eigenvalue weighted by atomic mass is 9.90. The molecule has 2 aliphatic rings. The second-order valence-electron chi connectivity index (χ2n) is 7.68. The Morgan fingerprint density at radius 2 is 1.76 bits per heavy atom. The van der Waals surface area contributed by atoms with Gasteiger partial charge in [0, 0.05) is 43.3 Å². The van der Waals surface area contributed by atoms with E-state index in [1.165, 1.54) is 0 Å². The van der Waals surface area contributed by atoms with Gasteiger partial charge in [0.15, 0.2) is 5.52 Å². The molecule has 1 aliphatic carbocycles. The van der Waals surface area contributed by atoms with Crippen LogP contribution in [0.15, 0.2) is 35.2 Å². The summed E-state index contributed by atoms with van der Waals surface area (Å²) in [5.41, 5.74) is 9.64. The van der Waals surface area contributed by atoms with Gasteiger partial charge in [-0.25, -0.2) is 14.6 Å². The molecule has 1 saturated carbocycles. The van der Waals surface area contributed by atoms with E-state index in [9.17, 15) is 0 Å². The lowest BCUT2D eigenvalue weighted by molar-refractivity contribution is 0.122. The van der Waals surface area contributed by atoms with Gasteiger partial charge in [-0.2, -0.15) is 0 Å². The van der Waals surface area contributed by atoms with Crippen LogP contribution >= 0.6 is 0 Å². The highest BCUT2D eigenvalue weighted by atomic mass is 16.6. The Balaban J connectivity index is 1.61.